The zero-order chi connectivity index (χ0) is 12.3. The van der Waals surface area contributed by atoms with E-state index in [1.165, 1.54) is 6.07 Å². The molecule has 0 saturated carbocycles. The van der Waals surface area contributed by atoms with Crippen LogP contribution in [0.4, 0.5) is 4.39 Å². The molecule has 1 aliphatic rings. The fourth-order valence-electron chi connectivity index (χ4n) is 2.06. The van der Waals surface area contributed by atoms with Crippen LogP contribution in [0.3, 0.4) is 0 Å². The van der Waals surface area contributed by atoms with E-state index >= 15 is 0 Å². The predicted molar refractivity (Wildman–Crippen MR) is 66.5 cm³/mol. The molecule has 0 spiro atoms. The molecule has 0 aromatic heterocycles. The van der Waals surface area contributed by atoms with Crippen LogP contribution in [-0.2, 0) is 11.2 Å². The molecule has 2 nitrogen and oxygen atoms in total. The Kier molecular flexibility index (Phi) is 3.79. The zero-order valence-electron chi connectivity index (χ0n) is 10.5. The molecule has 0 bridgehead atoms. The van der Waals surface area contributed by atoms with Gasteiger partial charge in [-0.2, -0.15) is 0 Å². The number of halogens is 1. The second-order valence-corrected chi connectivity index (χ2v) is 5.42. The van der Waals surface area contributed by atoms with E-state index in [2.05, 4.69) is 19.2 Å². The summed E-state index contributed by atoms with van der Waals surface area (Å²) in [7, 11) is 0. The Bertz CT molecular complexity index is 376. The third kappa shape index (κ3) is 3.51. The van der Waals surface area contributed by atoms with Gasteiger partial charge in [-0.1, -0.05) is 19.1 Å². The fraction of sp³-hybridized carbons (Fsp3) is 0.571. The molecule has 1 fully saturated rings. The molecule has 1 aromatic carbocycles. The van der Waals surface area contributed by atoms with Gasteiger partial charge in [0.1, 0.15) is 5.82 Å². The maximum absolute atomic E-state index is 13.0. The van der Waals surface area contributed by atoms with Crippen LogP contribution < -0.4 is 5.32 Å². The van der Waals surface area contributed by atoms with E-state index in [0.717, 1.165) is 31.7 Å². The lowest BCUT2D eigenvalue weighted by atomic mass is 9.88. The van der Waals surface area contributed by atoms with Gasteiger partial charge in [0.05, 0.1) is 13.2 Å². The maximum Gasteiger partial charge on any atom is 0.123 e. The van der Waals surface area contributed by atoms with E-state index in [0.29, 0.717) is 6.04 Å². The first-order chi connectivity index (χ1) is 8.07. The predicted octanol–water partition coefficient (Wildman–Crippen LogP) is 2.38. The van der Waals surface area contributed by atoms with Crippen molar-refractivity contribution in [1.29, 1.82) is 0 Å². The van der Waals surface area contributed by atoms with Crippen LogP contribution in [0.15, 0.2) is 24.3 Å². The number of hydrogen-bond donors (Lipinski definition) is 1. The highest BCUT2D eigenvalue weighted by Crippen LogP contribution is 2.25. The van der Waals surface area contributed by atoms with Gasteiger partial charge < -0.3 is 10.1 Å². The van der Waals surface area contributed by atoms with Gasteiger partial charge in [-0.25, -0.2) is 4.39 Å². The van der Waals surface area contributed by atoms with Gasteiger partial charge in [0, 0.05) is 18.0 Å². The molecule has 1 aliphatic heterocycles. The van der Waals surface area contributed by atoms with Crippen LogP contribution >= 0.6 is 0 Å². The van der Waals surface area contributed by atoms with Gasteiger partial charge in [0.15, 0.2) is 0 Å². The Morgan fingerprint density at radius 3 is 2.82 bits per heavy atom. The molecule has 0 radical (unpaired) electrons. The van der Waals surface area contributed by atoms with Gasteiger partial charge >= 0.3 is 0 Å². The largest absolute Gasteiger partial charge is 0.380 e. The average Bonchev–Trinajstić information content (AvgIpc) is 2.24. The highest BCUT2D eigenvalue weighted by Gasteiger charge is 2.33. The summed E-state index contributed by atoms with van der Waals surface area (Å²) < 4.78 is 18.2. The molecule has 1 unspecified atom stereocenters. The van der Waals surface area contributed by atoms with Crippen LogP contribution in [0.5, 0.6) is 0 Å². The van der Waals surface area contributed by atoms with E-state index in [9.17, 15) is 4.39 Å². The minimum Gasteiger partial charge on any atom is -0.380 e. The standard InChI is InChI=1S/C14H20FNO/c1-11(16-8-14(2)9-17-10-14)6-12-4-3-5-13(15)7-12/h3-5,7,11,16H,6,8-10H2,1-2H3. The lowest BCUT2D eigenvalue weighted by molar-refractivity contribution is -0.0998. The smallest absolute Gasteiger partial charge is 0.123 e. The number of benzene rings is 1. The molecule has 1 N–H and O–H groups in total. The molecule has 2 rings (SSSR count). The summed E-state index contributed by atoms with van der Waals surface area (Å²) in [4.78, 5) is 0. The first kappa shape index (κ1) is 12.5. The summed E-state index contributed by atoms with van der Waals surface area (Å²) in [5, 5.41) is 3.49. The third-order valence-corrected chi connectivity index (χ3v) is 3.21. The summed E-state index contributed by atoms with van der Waals surface area (Å²) in [6.45, 7) is 7.00. The van der Waals surface area contributed by atoms with Crippen LogP contribution in [0.2, 0.25) is 0 Å². The zero-order valence-corrected chi connectivity index (χ0v) is 10.5. The minimum absolute atomic E-state index is 0.158. The summed E-state index contributed by atoms with van der Waals surface area (Å²) in [6.07, 6.45) is 0.856. The van der Waals surface area contributed by atoms with Crippen molar-refractivity contribution in [3.8, 4) is 0 Å². The van der Waals surface area contributed by atoms with E-state index in [4.69, 9.17) is 4.74 Å². The Morgan fingerprint density at radius 1 is 1.47 bits per heavy atom. The van der Waals surface area contributed by atoms with Crippen molar-refractivity contribution in [2.75, 3.05) is 19.8 Å². The number of rotatable bonds is 5. The summed E-state index contributed by atoms with van der Waals surface area (Å²) >= 11 is 0. The summed E-state index contributed by atoms with van der Waals surface area (Å²) in [6, 6.07) is 7.17. The molecule has 3 heteroatoms. The van der Waals surface area contributed by atoms with Crippen molar-refractivity contribution >= 4 is 0 Å². The Hall–Kier alpha value is -0.930. The topological polar surface area (TPSA) is 21.3 Å². The lowest BCUT2D eigenvalue weighted by Gasteiger charge is -2.39. The molecular formula is C14H20FNO. The molecule has 1 saturated heterocycles. The highest BCUT2D eigenvalue weighted by atomic mass is 19.1. The molecule has 1 aromatic rings. The molecule has 17 heavy (non-hydrogen) atoms. The van der Waals surface area contributed by atoms with E-state index in [1.54, 1.807) is 12.1 Å². The second kappa shape index (κ2) is 5.15. The fourth-order valence-corrected chi connectivity index (χ4v) is 2.06. The maximum atomic E-state index is 13.0. The van der Waals surface area contributed by atoms with Gasteiger partial charge in [-0.05, 0) is 31.0 Å². The van der Waals surface area contributed by atoms with Crippen molar-refractivity contribution in [2.45, 2.75) is 26.3 Å². The van der Waals surface area contributed by atoms with Gasteiger partial charge in [-0.15, -0.1) is 0 Å². The first-order valence-electron chi connectivity index (χ1n) is 6.13. The van der Waals surface area contributed by atoms with E-state index < -0.39 is 0 Å². The Morgan fingerprint density at radius 2 is 2.24 bits per heavy atom. The molecule has 0 amide bonds. The monoisotopic (exact) mass is 237 g/mol. The van der Waals surface area contributed by atoms with Crippen LogP contribution in [-0.4, -0.2) is 25.8 Å². The van der Waals surface area contributed by atoms with Crippen molar-refractivity contribution in [3.63, 3.8) is 0 Å². The van der Waals surface area contributed by atoms with Gasteiger partial charge in [-0.3, -0.25) is 0 Å². The minimum atomic E-state index is -0.158. The quantitative estimate of drug-likeness (QED) is 0.849. The number of ether oxygens (including phenoxy) is 1. The molecular weight excluding hydrogens is 217 g/mol. The molecule has 94 valence electrons. The van der Waals surface area contributed by atoms with Crippen LogP contribution in [0.25, 0.3) is 0 Å². The second-order valence-electron chi connectivity index (χ2n) is 5.42. The molecule has 0 aliphatic carbocycles. The normalized spacial score (nSPS) is 19.7. The van der Waals surface area contributed by atoms with Gasteiger partial charge in [0.2, 0.25) is 0 Å². The van der Waals surface area contributed by atoms with Crippen LogP contribution in [0.1, 0.15) is 19.4 Å². The first-order valence-corrected chi connectivity index (χ1v) is 6.13. The Labute approximate surface area is 102 Å². The van der Waals surface area contributed by atoms with Crippen molar-refractivity contribution < 1.29 is 9.13 Å². The number of hydrogen-bond acceptors (Lipinski definition) is 2. The molecule has 1 atom stereocenters. The average molecular weight is 237 g/mol. The van der Waals surface area contributed by atoms with Crippen molar-refractivity contribution in [2.24, 2.45) is 5.41 Å². The van der Waals surface area contributed by atoms with E-state index in [-0.39, 0.29) is 11.2 Å². The number of nitrogens with one attached hydrogen (secondary N) is 1. The summed E-state index contributed by atoms with van der Waals surface area (Å²) in [5.41, 5.74) is 1.33. The summed E-state index contributed by atoms with van der Waals surface area (Å²) in [5.74, 6) is -0.158. The van der Waals surface area contributed by atoms with E-state index in [1.807, 2.05) is 6.07 Å². The Balaban J connectivity index is 1.78. The highest BCUT2D eigenvalue weighted by molar-refractivity contribution is 5.17. The van der Waals surface area contributed by atoms with Gasteiger partial charge in [0.25, 0.3) is 0 Å². The van der Waals surface area contributed by atoms with Crippen molar-refractivity contribution in [1.82, 2.24) is 5.32 Å². The SMILES string of the molecule is CC(Cc1cccc(F)c1)NCC1(C)COC1. The molecule has 1 heterocycles. The third-order valence-electron chi connectivity index (χ3n) is 3.21. The van der Waals surface area contributed by atoms with Crippen molar-refractivity contribution in [3.05, 3.63) is 35.6 Å². The van der Waals surface area contributed by atoms with Crippen LogP contribution in [0, 0.1) is 11.2 Å². The lowest BCUT2D eigenvalue weighted by Crippen LogP contribution is -2.49.